The van der Waals surface area contributed by atoms with E-state index >= 15 is 0 Å². The normalized spacial score (nSPS) is 12.6. The SMILES string of the molecule is Nc1ccc(N=Nc2ccc(N=Nc3cc4cc(N=Nc5ccccc5)c(S(=O)(=O)O)cc4cc3S(=O)(=O)O)cc2)c(O)c1. The van der Waals surface area contributed by atoms with Crippen LogP contribution in [0.25, 0.3) is 10.8 Å². The van der Waals surface area contributed by atoms with Crippen molar-refractivity contribution in [3.8, 4) is 5.75 Å². The van der Waals surface area contributed by atoms with Gasteiger partial charge in [0.05, 0.1) is 17.1 Å². The molecule has 44 heavy (non-hydrogen) atoms. The fraction of sp³-hybridized carbons (Fsp3) is 0. The summed E-state index contributed by atoms with van der Waals surface area (Å²) in [5, 5.41) is 34.2. The van der Waals surface area contributed by atoms with Gasteiger partial charge in [-0.2, -0.15) is 32.2 Å². The number of nitrogens with zero attached hydrogens (tertiary/aromatic N) is 6. The van der Waals surface area contributed by atoms with E-state index in [2.05, 4.69) is 30.7 Å². The van der Waals surface area contributed by atoms with Crippen LogP contribution in [-0.4, -0.2) is 31.0 Å². The number of aromatic hydroxyl groups is 1. The Labute approximate surface area is 250 Å². The largest absolute Gasteiger partial charge is 0.506 e. The molecule has 0 unspecified atom stereocenters. The second-order valence-electron chi connectivity index (χ2n) is 9.14. The lowest BCUT2D eigenvalue weighted by molar-refractivity contribution is 0.476. The summed E-state index contributed by atoms with van der Waals surface area (Å²) in [5.74, 6) is -0.134. The highest BCUT2D eigenvalue weighted by Gasteiger charge is 2.21. The number of hydrogen-bond donors (Lipinski definition) is 4. The number of benzene rings is 5. The second-order valence-corrected chi connectivity index (χ2v) is 11.9. The van der Waals surface area contributed by atoms with Gasteiger partial charge in [0.2, 0.25) is 0 Å². The molecule has 0 aliphatic heterocycles. The Hall–Kier alpha value is -5.42. The molecular formula is C28H21N7O7S2. The lowest BCUT2D eigenvalue weighted by atomic mass is 10.1. The number of phenolic OH excluding ortho intramolecular Hbond substituents is 1. The summed E-state index contributed by atoms with van der Waals surface area (Å²) in [7, 11) is -9.65. The van der Waals surface area contributed by atoms with Crippen molar-refractivity contribution < 1.29 is 31.0 Å². The molecule has 14 nitrogen and oxygen atoms in total. The topological polar surface area (TPSA) is 229 Å². The van der Waals surface area contributed by atoms with E-state index in [4.69, 9.17) is 5.73 Å². The van der Waals surface area contributed by atoms with E-state index in [0.717, 1.165) is 12.1 Å². The van der Waals surface area contributed by atoms with E-state index in [-0.39, 0.29) is 33.6 Å². The number of rotatable bonds is 8. The Morgan fingerprint density at radius 1 is 0.500 bits per heavy atom. The van der Waals surface area contributed by atoms with Gasteiger partial charge in [-0.05, 0) is 83.6 Å². The molecule has 0 amide bonds. The van der Waals surface area contributed by atoms with E-state index < -0.39 is 30.0 Å². The summed E-state index contributed by atoms with van der Waals surface area (Å²) in [6.45, 7) is 0. The molecule has 0 fully saturated rings. The van der Waals surface area contributed by atoms with Crippen LogP contribution in [0.5, 0.6) is 5.75 Å². The van der Waals surface area contributed by atoms with Crippen LogP contribution in [0.2, 0.25) is 0 Å². The number of nitrogens with two attached hydrogens (primary N) is 1. The summed E-state index contributed by atoms with van der Waals surface area (Å²) in [4.78, 5) is -1.27. The standard InChI is InChI=1S/C28H21N7O7S2/c29-19-6-11-23(26(36)16-19)33-31-21-7-9-22(10-8-21)32-35-25-13-17-12-24(34-30-20-4-2-1-3-5-20)27(43(37,38)39)14-18(17)15-28(25)44(40,41)42/h1-16,36H,29H2,(H,37,38,39)(H,40,41,42). The molecule has 16 heteroatoms. The average molecular weight is 632 g/mol. The molecule has 0 spiro atoms. The summed E-state index contributed by atoms with van der Waals surface area (Å²) in [6.07, 6.45) is 0. The van der Waals surface area contributed by atoms with Crippen LogP contribution < -0.4 is 5.73 Å². The average Bonchev–Trinajstić information content (AvgIpc) is 2.97. The zero-order valence-corrected chi connectivity index (χ0v) is 23.9. The molecule has 0 saturated heterocycles. The molecule has 5 aromatic rings. The van der Waals surface area contributed by atoms with Crippen molar-refractivity contribution in [3.63, 3.8) is 0 Å². The first-order valence-electron chi connectivity index (χ1n) is 12.4. The smallest absolute Gasteiger partial charge is 0.296 e. The third-order valence-corrected chi connectivity index (χ3v) is 7.74. The third kappa shape index (κ3) is 7.13. The number of azo groups is 3. The number of fused-ring (bicyclic) bond motifs is 1. The van der Waals surface area contributed by atoms with Gasteiger partial charge in [0, 0.05) is 11.8 Å². The van der Waals surface area contributed by atoms with Crippen molar-refractivity contribution >= 4 is 70.8 Å². The van der Waals surface area contributed by atoms with Crippen molar-refractivity contribution in [2.45, 2.75) is 9.79 Å². The minimum Gasteiger partial charge on any atom is -0.506 e. The van der Waals surface area contributed by atoms with E-state index in [9.17, 15) is 31.0 Å². The zero-order chi connectivity index (χ0) is 31.5. The highest BCUT2D eigenvalue weighted by atomic mass is 32.2. The molecule has 5 aromatic carbocycles. The summed E-state index contributed by atoms with van der Waals surface area (Å²) >= 11 is 0. The monoisotopic (exact) mass is 631 g/mol. The van der Waals surface area contributed by atoms with E-state index in [1.807, 2.05) is 0 Å². The van der Waals surface area contributed by atoms with Gasteiger partial charge >= 0.3 is 0 Å². The molecule has 0 saturated carbocycles. The predicted molar refractivity (Wildman–Crippen MR) is 162 cm³/mol. The Kier molecular flexibility index (Phi) is 8.23. The van der Waals surface area contributed by atoms with Crippen LogP contribution in [0.4, 0.5) is 39.8 Å². The van der Waals surface area contributed by atoms with Crippen LogP contribution in [-0.2, 0) is 20.2 Å². The van der Waals surface area contributed by atoms with E-state index in [0.29, 0.717) is 22.7 Å². The Morgan fingerprint density at radius 3 is 1.39 bits per heavy atom. The lowest BCUT2D eigenvalue weighted by Gasteiger charge is -2.09. The van der Waals surface area contributed by atoms with E-state index in [1.54, 1.807) is 48.5 Å². The third-order valence-electron chi connectivity index (χ3n) is 5.98. The van der Waals surface area contributed by atoms with Gasteiger partial charge in [-0.1, -0.05) is 18.2 Å². The van der Waals surface area contributed by atoms with Crippen LogP contribution in [0.15, 0.2) is 138 Å². The van der Waals surface area contributed by atoms with Gasteiger partial charge < -0.3 is 10.8 Å². The first kappa shape index (κ1) is 30.1. The maximum atomic E-state index is 12.2. The van der Waals surface area contributed by atoms with Crippen LogP contribution in [0.1, 0.15) is 0 Å². The van der Waals surface area contributed by atoms with Gasteiger partial charge in [-0.25, -0.2) is 0 Å². The lowest BCUT2D eigenvalue weighted by Crippen LogP contribution is -2.01. The number of nitrogen functional groups attached to an aromatic ring is 1. The second kappa shape index (κ2) is 12.1. The van der Waals surface area contributed by atoms with Crippen molar-refractivity contribution in [1.82, 2.24) is 0 Å². The molecule has 0 aromatic heterocycles. The molecule has 222 valence electrons. The van der Waals surface area contributed by atoms with Crippen molar-refractivity contribution in [3.05, 3.63) is 97.1 Å². The van der Waals surface area contributed by atoms with Crippen molar-refractivity contribution in [2.24, 2.45) is 30.7 Å². The Bertz CT molecular complexity index is 2190. The molecular weight excluding hydrogens is 610 g/mol. The van der Waals surface area contributed by atoms with Crippen LogP contribution >= 0.6 is 0 Å². The van der Waals surface area contributed by atoms with E-state index in [1.165, 1.54) is 36.4 Å². The first-order chi connectivity index (χ1) is 20.9. The first-order valence-corrected chi connectivity index (χ1v) is 15.3. The highest BCUT2D eigenvalue weighted by Crippen LogP contribution is 2.37. The fourth-order valence-electron chi connectivity index (χ4n) is 3.89. The van der Waals surface area contributed by atoms with Gasteiger partial charge in [0.15, 0.2) is 0 Å². The minimum absolute atomic E-state index is 0.0460. The van der Waals surface area contributed by atoms with Crippen LogP contribution in [0.3, 0.4) is 0 Å². The van der Waals surface area contributed by atoms with Crippen molar-refractivity contribution in [1.29, 1.82) is 0 Å². The predicted octanol–water partition coefficient (Wildman–Crippen LogP) is 7.87. The van der Waals surface area contributed by atoms with Gasteiger partial charge in [-0.3, -0.25) is 9.11 Å². The Morgan fingerprint density at radius 2 is 0.932 bits per heavy atom. The molecule has 0 heterocycles. The van der Waals surface area contributed by atoms with Crippen LogP contribution in [0, 0.1) is 0 Å². The summed E-state index contributed by atoms with van der Waals surface area (Å²) in [6, 6.07) is 23.6. The molecule has 5 rings (SSSR count). The highest BCUT2D eigenvalue weighted by molar-refractivity contribution is 7.86. The van der Waals surface area contributed by atoms with Crippen molar-refractivity contribution in [2.75, 3.05) is 5.73 Å². The zero-order valence-electron chi connectivity index (χ0n) is 22.3. The molecule has 0 aliphatic rings. The number of anilines is 1. The summed E-state index contributed by atoms with van der Waals surface area (Å²) in [5.41, 5.74) is 6.84. The number of phenols is 1. The molecule has 5 N–H and O–H groups in total. The van der Waals surface area contributed by atoms with Gasteiger partial charge in [0.25, 0.3) is 20.2 Å². The van der Waals surface area contributed by atoms with Gasteiger partial charge in [0.1, 0.15) is 32.6 Å². The molecule has 0 aliphatic carbocycles. The minimum atomic E-state index is -4.84. The Balaban J connectivity index is 1.50. The molecule has 0 radical (unpaired) electrons. The maximum absolute atomic E-state index is 12.2. The van der Waals surface area contributed by atoms with Gasteiger partial charge in [-0.15, -0.1) is 15.3 Å². The maximum Gasteiger partial charge on any atom is 0.296 e. The molecule has 0 atom stereocenters. The molecule has 0 bridgehead atoms. The number of hydrogen-bond acceptors (Lipinski definition) is 12. The quantitative estimate of drug-likeness (QED) is 0.0745. The summed E-state index contributed by atoms with van der Waals surface area (Å²) < 4.78 is 68.3. The fourth-order valence-corrected chi connectivity index (χ4v) is 5.17.